The monoisotopic (exact) mass is 202 g/mol. The van der Waals surface area contributed by atoms with E-state index in [0.717, 1.165) is 0 Å². The Morgan fingerprint density at radius 1 is 1.21 bits per heavy atom. The first-order chi connectivity index (χ1) is 6.77. The van der Waals surface area contributed by atoms with Crippen LogP contribution in [0.4, 0.5) is 4.39 Å². The number of thiophene rings is 1. The van der Waals surface area contributed by atoms with Crippen LogP contribution >= 0.6 is 11.3 Å². The molecule has 0 unspecified atom stereocenters. The predicted octanol–water partition coefficient (Wildman–Crippen LogP) is 2.78. The Morgan fingerprint density at radius 2 is 2.00 bits per heavy atom. The molecule has 1 aromatic carbocycles. The Bertz CT molecular complexity index is 586. The van der Waals surface area contributed by atoms with E-state index in [2.05, 4.69) is 0 Å². The molecule has 1 heterocycles. The van der Waals surface area contributed by atoms with Crippen molar-refractivity contribution in [2.24, 2.45) is 0 Å². The van der Waals surface area contributed by atoms with Gasteiger partial charge in [-0.05, 0) is 12.1 Å². The van der Waals surface area contributed by atoms with Crippen LogP contribution in [0.2, 0.25) is 0 Å². The second-order valence-corrected chi connectivity index (χ2v) is 3.55. The molecule has 0 aliphatic heterocycles. The van der Waals surface area contributed by atoms with Gasteiger partial charge in [-0.3, -0.25) is 0 Å². The number of rotatable bonds is 0. The second-order valence-electron chi connectivity index (χ2n) is 2.67. The van der Waals surface area contributed by atoms with Crippen LogP contribution in [0.15, 0.2) is 17.5 Å². The Hall–Kier alpha value is -1.91. The number of halogens is 1. The van der Waals surface area contributed by atoms with E-state index in [1.807, 2.05) is 6.07 Å². The smallest absolute Gasteiger partial charge is 0.142 e. The van der Waals surface area contributed by atoms with Crippen LogP contribution in [0.5, 0.6) is 0 Å². The van der Waals surface area contributed by atoms with Gasteiger partial charge >= 0.3 is 0 Å². The molecule has 14 heavy (non-hydrogen) atoms. The maximum atomic E-state index is 13.1. The molecule has 0 N–H and O–H groups in total. The van der Waals surface area contributed by atoms with Gasteiger partial charge in [-0.2, -0.15) is 10.5 Å². The van der Waals surface area contributed by atoms with Crippen molar-refractivity contribution in [3.63, 3.8) is 0 Å². The molecule has 0 bridgehead atoms. The third-order valence-corrected chi connectivity index (χ3v) is 2.94. The lowest BCUT2D eigenvalue weighted by Crippen LogP contribution is -1.82. The zero-order valence-electron chi connectivity index (χ0n) is 6.91. The summed E-state index contributed by atoms with van der Waals surface area (Å²) in [5.74, 6) is -0.536. The van der Waals surface area contributed by atoms with Crippen molar-refractivity contribution in [3.05, 3.63) is 34.5 Å². The lowest BCUT2D eigenvalue weighted by Gasteiger charge is -1.94. The largest absolute Gasteiger partial charge is 0.205 e. The summed E-state index contributed by atoms with van der Waals surface area (Å²) in [6, 6.07) is 6.55. The van der Waals surface area contributed by atoms with Gasteiger partial charge in [0.2, 0.25) is 0 Å². The summed E-state index contributed by atoms with van der Waals surface area (Å²) in [5.41, 5.74) is 0.510. The van der Waals surface area contributed by atoms with E-state index in [4.69, 9.17) is 10.5 Å². The van der Waals surface area contributed by atoms with E-state index in [0.29, 0.717) is 15.6 Å². The molecular formula is C10H3FN2S. The van der Waals surface area contributed by atoms with Crippen LogP contribution in [0, 0.1) is 28.5 Å². The molecule has 0 amide bonds. The number of hydrogen-bond acceptors (Lipinski definition) is 3. The first-order valence-electron chi connectivity index (χ1n) is 3.78. The molecule has 0 aliphatic rings. The lowest BCUT2D eigenvalue weighted by atomic mass is 10.1. The molecule has 0 radical (unpaired) electrons. The first kappa shape index (κ1) is 8.68. The molecule has 66 valence electrons. The summed E-state index contributed by atoms with van der Waals surface area (Å²) < 4.78 is 13.7. The molecule has 2 aromatic rings. The minimum Gasteiger partial charge on any atom is -0.205 e. The number of benzene rings is 1. The first-order valence-corrected chi connectivity index (χ1v) is 4.66. The minimum absolute atomic E-state index is 0.0222. The van der Waals surface area contributed by atoms with Gasteiger partial charge in [0, 0.05) is 10.8 Å². The van der Waals surface area contributed by atoms with Gasteiger partial charge in [0.05, 0.1) is 10.3 Å². The summed E-state index contributed by atoms with van der Waals surface area (Å²) in [7, 11) is 0. The Labute approximate surface area is 83.4 Å². The quantitative estimate of drug-likeness (QED) is 0.659. The van der Waals surface area contributed by atoms with Crippen LogP contribution in [0.1, 0.15) is 11.1 Å². The van der Waals surface area contributed by atoms with E-state index in [1.165, 1.54) is 23.5 Å². The normalized spacial score (nSPS) is 9.64. The molecule has 1 aromatic heterocycles. The summed E-state index contributed by atoms with van der Waals surface area (Å²) >= 11 is 1.22. The maximum Gasteiger partial charge on any atom is 0.142 e. The highest BCUT2D eigenvalue weighted by atomic mass is 32.1. The maximum absolute atomic E-state index is 13.1. The van der Waals surface area contributed by atoms with Crippen molar-refractivity contribution < 1.29 is 4.39 Å². The van der Waals surface area contributed by atoms with Crippen LogP contribution in [0.3, 0.4) is 0 Å². The molecule has 0 saturated carbocycles. The standard InChI is InChI=1S/C10H3FN2S/c11-9-2-1-7-6(3-12)5-14-10(7)8(9)4-13/h1-2,5H. The van der Waals surface area contributed by atoms with Crippen molar-refractivity contribution in [2.75, 3.05) is 0 Å². The average Bonchev–Trinajstić information content (AvgIpc) is 2.60. The summed E-state index contributed by atoms with van der Waals surface area (Å²) in [6.45, 7) is 0. The van der Waals surface area contributed by atoms with Crippen molar-refractivity contribution in [1.82, 2.24) is 0 Å². The SMILES string of the molecule is N#Cc1csc2c(C#N)c(F)ccc12. The molecule has 0 atom stereocenters. The fraction of sp³-hybridized carbons (Fsp3) is 0. The van der Waals surface area contributed by atoms with Gasteiger partial charge in [-0.1, -0.05) is 0 Å². The number of hydrogen-bond donors (Lipinski definition) is 0. The van der Waals surface area contributed by atoms with Crippen molar-refractivity contribution in [2.45, 2.75) is 0 Å². The van der Waals surface area contributed by atoms with E-state index < -0.39 is 5.82 Å². The van der Waals surface area contributed by atoms with Gasteiger partial charge in [-0.15, -0.1) is 11.3 Å². The highest BCUT2D eigenvalue weighted by molar-refractivity contribution is 7.17. The number of nitriles is 2. The van der Waals surface area contributed by atoms with Gasteiger partial charge in [0.25, 0.3) is 0 Å². The van der Waals surface area contributed by atoms with Crippen molar-refractivity contribution >= 4 is 21.4 Å². The molecule has 0 spiro atoms. The van der Waals surface area contributed by atoms with Crippen LogP contribution < -0.4 is 0 Å². The molecule has 4 heteroatoms. The van der Waals surface area contributed by atoms with Crippen LogP contribution in [-0.4, -0.2) is 0 Å². The third kappa shape index (κ3) is 1.06. The van der Waals surface area contributed by atoms with Crippen LogP contribution in [0.25, 0.3) is 10.1 Å². The zero-order valence-corrected chi connectivity index (χ0v) is 7.73. The third-order valence-electron chi connectivity index (χ3n) is 1.92. The fourth-order valence-electron chi connectivity index (χ4n) is 1.27. The summed E-state index contributed by atoms with van der Waals surface area (Å²) in [4.78, 5) is 0. The van der Waals surface area contributed by atoms with E-state index in [-0.39, 0.29) is 5.56 Å². The Balaban J connectivity index is 2.94. The van der Waals surface area contributed by atoms with Gasteiger partial charge in [0.15, 0.2) is 0 Å². The molecule has 2 nitrogen and oxygen atoms in total. The highest BCUT2D eigenvalue weighted by Crippen LogP contribution is 2.29. The zero-order chi connectivity index (χ0) is 10.1. The predicted molar refractivity (Wildman–Crippen MR) is 51.2 cm³/mol. The fourth-order valence-corrected chi connectivity index (χ4v) is 2.25. The van der Waals surface area contributed by atoms with Crippen molar-refractivity contribution in [1.29, 1.82) is 10.5 Å². The number of nitrogens with zero attached hydrogens (tertiary/aromatic N) is 2. The number of fused-ring (bicyclic) bond motifs is 1. The van der Waals surface area contributed by atoms with E-state index in [9.17, 15) is 4.39 Å². The lowest BCUT2D eigenvalue weighted by molar-refractivity contribution is 0.626. The Morgan fingerprint density at radius 3 is 2.64 bits per heavy atom. The average molecular weight is 202 g/mol. The summed E-state index contributed by atoms with van der Waals surface area (Å²) in [5, 5.41) is 19.7. The van der Waals surface area contributed by atoms with E-state index >= 15 is 0 Å². The molecule has 0 saturated heterocycles. The van der Waals surface area contributed by atoms with E-state index in [1.54, 1.807) is 11.4 Å². The van der Waals surface area contributed by atoms with Gasteiger partial charge in [0.1, 0.15) is 23.5 Å². The van der Waals surface area contributed by atoms with Gasteiger partial charge < -0.3 is 0 Å². The molecule has 0 fully saturated rings. The Kier molecular flexibility index (Phi) is 1.92. The van der Waals surface area contributed by atoms with Crippen LogP contribution in [-0.2, 0) is 0 Å². The summed E-state index contributed by atoms with van der Waals surface area (Å²) in [6.07, 6.45) is 0. The van der Waals surface area contributed by atoms with Gasteiger partial charge in [-0.25, -0.2) is 4.39 Å². The second kappa shape index (κ2) is 3.10. The van der Waals surface area contributed by atoms with Crippen molar-refractivity contribution in [3.8, 4) is 12.1 Å². The molecular weight excluding hydrogens is 199 g/mol. The molecule has 0 aliphatic carbocycles. The highest BCUT2D eigenvalue weighted by Gasteiger charge is 2.11. The minimum atomic E-state index is -0.536. The molecule has 2 rings (SSSR count). The topological polar surface area (TPSA) is 47.6 Å².